The normalized spacial score (nSPS) is 14.1. The molecular weight excluding hydrogens is 1800 g/mol. The van der Waals surface area contributed by atoms with E-state index in [9.17, 15) is 215 Å². The van der Waals surface area contributed by atoms with Gasteiger partial charge in [0.2, 0.25) is 0 Å². The number of alkyl halides is 40. The van der Waals surface area contributed by atoms with Gasteiger partial charge >= 0.3 is 153 Å². The van der Waals surface area contributed by atoms with E-state index in [1.165, 1.54) is 27.7 Å². The zero-order valence-electron chi connectivity index (χ0n) is 37.6. The molecule has 6 N–H and O–H groups in total. The summed E-state index contributed by atoms with van der Waals surface area (Å²) in [6, 6.07) is 0. The van der Waals surface area contributed by atoms with Gasteiger partial charge in [0.15, 0.2) is 11.6 Å². The predicted molar refractivity (Wildman–Crippen MR) is 180 cm³/mol. The molecule has 0 aromatic rings. The standard InChI is InChI=1S/2C5H8O2.4C4HF10OP.Ni.2H2O.2Pt/c2*1-4(6)3-5(2)7;4*5-1(6,7)3(11,12)16(15)4(13,14)2(8,9)10;;;;;/h2*3,6H,1-2H3;4*16H;;2*1H2;;/q;;;;;;+2;;;2*+2/b2*4-3-;;;;;;;;;. The number of ketones is 2. The maximum atomic E-state index is 12.0. The van der Waals surface area contributed by atoms with Crippen molar-refractivity contribution in [1.82, 2.24) is 0 Å². The Morgan fingerprint density at radius 3 is 0.361 bits per heavy atom. The van der Waals surface area contributed by atoms with Crippen molar-refractivity contribution in [3.8, 4) is 0 Å². The first-order chi connectivity index (χ1) is 32.9. The molecule has 0 spiro atoms. The molecule has 0 atom stereocenters. The van der Waals surface area contributed by atoms with Crippen LogP contribution in [0.15, 0.2) is 23.7 Å². The van der Waals surface area contributed by atoms with Crippen LogP contribution in [0.5, 0.6) is 0 Å². The third-order valence-electron chi connectivity index (χ3n) is 5.94. The fraction of sp³-hybridized carbons (Fsp3) is 0.769. The van der Waals surface area contributed by atoms with Gasteiger partial charge in [0.1, 0.15) is 32.6 Å². The van der Waals surface area contributed by atoms with E-state index in [0.717, 1.165) is 12.2 Å². The Bertz CT molecular complexity index is 1590. The van der Waals surface area contributed by atoms with Gasteiger partial charge in [-0.3, -0.25) is 9.59 Å². The number of hydrogen-bond donors (Lipinski definition) is 0. The van der Waals surface area contributed by atoms with E-state index in [4.69, 9.17) is 0 Å². The van der Waals surface area contributed by atoms with Crippen LogP contribution in [0.25, 0.3) is 0 Å². The molecule has 0 bridgehead atoms. The van der Waals surface area contributed by atoms with Gasteiger partial charge in [0.25, 0.3) is 0 Å². The number of carbonyl (C=O) groups excluding carboxylic acids is 2. The molecule has 0 heterocycles. The Hall–Kier alpha value is -1.03. The zero-order valence-corrected chi connectivity index (χ0v) is 47.2. The second kappa shape index (κ2) is 35.4. The van der Waals surface area contributed by atoms with E-state index in [0.29, 0.717) is 0 Å². The summed E-state index contributed by atoms with van der Waals surface area (Å²) in [6.45, 7) is 5.39. The van der Waals surface area contributed by atoms with Crippen molar-refractivity contribution >= 4 is 44.2 Å². The summed E-state index contributed by atoms with van der Waals surface area (Å²) in [5.41, 5.74) is -52.7. The third kappa shape index (κ3) is 31.3. The minimum atomic E-state index is -6.74. The molecule has 0 saturated heterocycles. The summed E-state index contributed by atoms with van der Waals surface area (Å²) >= 11 is 0. The smallest absolute Gasteiger partial charge is 0.876 e. The largest absolute Gasteiger partial charge is 2.00 e. The van der Waals surface area contributed by atoms with Crippen LogP contribution in [-0.2, 0) is 79.2 Å². The van der Waals surface area contributed by atoms with Gasteiger partial charge in [-0.1, -0.05) is 13.8 Å². The van der Waals surface area contributed by atoms with E-state index in [2.05, 4.69) is 0 Å². The molecule has 0 aliphatic rings. The molecule has 10 nitrogen and oxygen atoms in total. The SMILES string of the molecule is CC(=O)/C=C(/C)[O-].CC(=O)/C=C(/C)[O-].[Ni+2].[O-][PH+](C(F)(F)C(F)(F)F)C(F)(F)C(F)(F)F.[O-][PH+](C(F)(F)C(F)(F)F)C(F)(F)C(F)(F)F.[O-][PH+](C(F)(F)C(F)(F)F)C(F)(F)C(F)(F)F.[O-][PH+](C(F)(F)C(F)(F)F)C(F)(F)C(F)(F)F.[OH3+].[OH3+].[Pt+2].[Pt+2]. The van der Waals surface area contributed by atoms with Crippen LogP contribution in [0.1, 0.15) is 27.7 Å². The number of hydrogen-bond acceptors (Lipinski definition) is 8. The molecule has 57 heteroatoms. The van der Waals surface area contributed by atoms with Crippen LogP contribution in [0, 0.1) is 0 Å². The Morgan fingerprint density at radius 1 is 0.265 bits per heavy atom. The van der Waals surface area contributed by atoms with Gasteiger partial charge in [-0.25, -0.2) is 0 Å². The molecule has 0 aromatic carbocycles. The monoisotopic (exact) mass is 1830 g/mol. The summed E-state index contributed by atoms with van der Waals surface area (Å²) in [5, 5.41) is 20.0. The molecular formula is C26H24F40NiO10P4Pt2+6. The van der Waals surface area contributed by atoms with Gasteiger partial charge in [0.05, 0.1) is 0 Å². The predicted octanol–water partition coefficient (Wildman–Crippen LogP) is 8.97. The van der Waals surface area contributed by atoms with Crippen molar-refractivity contribution in [1.29, 1.82) is 0 Å². The van der Waals surface area contributed by atoms with Gasteiger partial charge < -0.3 is 40.7 Å². The third-order valence-corrected chi connectivity index (χ3v) is 12.8. The van der Waals surface area contributed by atoms with Crippen LogP contribution in [0.3, 0.4) is 0 Å². The molecule has 0 radical (unpaired) electrons. The van der Waals surface area contributed by atoms with Crippen molar-refractivity contribution in [3.63, 3.8) is 0 Å². The molecule has 83 heavy (non-hydrogen) atoms. The second-order valence-electron chi connectivity index (χ2n) is 12.6. The Morgan fingerprint density at radius 2 is 0.337 bits per heavy atom. The minimum Gasteiger partial charge on any atom is -0.876 e. The fourth-order valence-electron chi connectivity index (χ4n) is 2.39. The maximum absolute atomic E-state index is 12.0. The first-order valence-corrected chi connectivity index (χ1v) is 22.0. The molecule has 0 amide bonds. The average molecular weight is 1830 g/mol. The van der Waals surface area contributed by atoms with Crippen LogP contribution in [-0.4, -0.2) is 106 Å². The van der Waals surface area contributed by atoms with Crippen molar-refractivity contribution < 1.29 is 285 Å². The summed E-state index contributed by atoms with van der Waals surface area (Å²) < 4.78 is 465. The fourth-order valence-corrected chi connectivity index (χ4v) is 6.03. The zero-order chi connectivity index (χ0) is 66.0. The van der Waals surface area contributed by atoms with Gasteiger partial charge in [-0.05, 0) is 26.0 Å². The molecule has 0 unspecified atom stereocenters. The molecule has 0 aromatic heterocycles. The number of rotatable bonds is 10. The van der Waals surface area contributed by atoms with Gasteiger partial charge in [-0.15, -0.1) is 11.5 Å². The summed E-state index contributed by atoms with van der Waals surface area (Å²) in [5.74, 6) is -0.750. The van der Waals surface area contributed by atoms with E-state index in [1.54, 1.807) is 0 Å². The second-order valence-corrected chi connectivity index (χ2v) is 20.3. The van der Waals surface area contributed by atoms with Crippen molar-refractivity contribution in [2.75, 3.05) is 0 Å². The average Bonchev–Trinajstić information content (AvgIpc) is 3.13. The Kier molecular flexibility index (Phi) is 45.5. The van der Waals surface area contributed by atoms with Gasteiger partial charge in [-0.2, -0.15) is 176 Å². The van der Waals surface area contributed by atoms with Crippen LogP contribution in [0.2, 0.25) is 0 Å². The first kappa shape index (κ1) is 107. The van der Waals surface area contributed by atoms with E-state index in [1.807, 2.05) is 0 Å². The van der Waals surface area contributed by atoms with Gasteiger partial charge in [0, 0.05) is 0 Å². The van der Waals surface area contributed by atoms with Crippen molar-refractivity contribution in [3.05, 3.63) is 23.7 Å². The summed E-state index contributed by atoms with van der Waals surface area (Å²) in [6.07, 6.45) is -51.8. The van der Waals surface area contributed by atoms with E-state index < -0.39 is 127 Å². The van der Waals surface area contributed by atoms with E-state index >= 15 is 0 Å². The van der Waals surface area contributed by atoms with Crippen LogP contribution in [0.4, 0.5) is 176 Å². The molecule has 0 aliphatic carbocycles. The molecule has 512 valence electrons. The summed E-state index contributed by atoms with van der Waals surface area (Å²) in [4.78, 5) is 60.1. The van der Waals surface area contributed by atoms with Crippen LogP contribution >= 0.6 is 32.6 Å². The Labute approximate surface area is 473 Å². The maximum Gasteiger partial charge on any atom is 2.00 e. The first-order valence-electron chi connectivity index (χ1n) is 16.3. The topological polar surface area (TPSA) is 238 Å². The quantitative estimate of drug-likeness (QED) is 0.0509. The Balaban J connectivity index is -0.0000000843. The molecule has 0 fully saturated rings. The molecule has 0 saturated carbocycles. The minimum absolute atomic E-state index is 0. The number of carbonyl (C=O) groups is 2. The number of allylic oxidation sites excluding steroid dienone is 4. The van der Waals surface area contributed by atoms with E-state index in [-0.39, 0.29) is 92.7 Å². The molecule has 0 rings (SSSR count). The van der Waals surface area contributed by atoms with Crippen LogP contribution < -0.4 is 29.8 Å². The van der Waals surface area contributed by atoms with Crippen molar-refractivity contribution in [2.45, 2.75) is 122 Å². The van der Waals surface area contributed by atoms with Crippen molar-refractivity contribution in [2.24, 2.45) is 0 Å². The molecule has 0 aliphatic heterocycles. The summed E-state index contributed by atoms with van der Waals surface area (Å²) in [7, 11) is -26.5. The number of halogens is 40.